The van der Waals surface area contributed by atoms with Gasteiger partial charge in [-0.25, -0.2) is 22.5 Å². The number of benzene rings is 2. The first-order valence-corrected chi connectivity index (χ1v) is 14.6. The van der Waals surface area contributed by atoms with E-state index in [-0.39, 0.29) is 34.3 Å². The molecule has 2 amide bonds. The summed E-state index contributed by atoms with van der Waals surface area (Å²) in [7, 11) is -3.83. The highest BCUT2D eigenvalue weighted by molar-refractivity contribution is 7.90. The fraction of sp³-hybridized carbons (Fsp3) is 0.286. The van der Waals surface area contributed by atoms with Crippen LogP contribution in [0.5, 0.6) is 0 Å². The van der Waals surface area contributed by atoms with E-state index in [1.54, 1.807) is 17.9 Å². The third-order valence-electron chi connectivity index (χ3n) is 7.20. The number of piperidine rings is 1. The standard InChI is InChI=1S/C28H29FN6O4S/c1-3-40(38,39)33-27(36)21-17-31-35-25(21)30-16-22(26(35)32-24-11-7-10-23(29)18(24)2)28(37)34-14-12-20(13-15-34)19-8-5-4-6-9-19/h4-11,16-17,20,32H,3,12-15H2,1-2H3,(H,33,36). The SMILES string of the molecule is CCS(=O)(=O)NC(=O)c1cnn2c(Nc3cccc(F)c3C)c(C(=O)N3CCC(c4ccccc4)CC3)cnc12. The van der Waals surface area contributed by atoms with Crippen LogP contribution in [0.15, 0.2) is 60.9 Å². The van der Waals surface area contributed by atoms with E-state index in [1.165, 1.54) is 41.5 Å². The van der Waals surface area contributed by atoms with Crippen LogP contribution in [0, 0.1) is 12.7 Å². The molecule has 2 N–H and O–H groups in total. The van der Waals surface area contributed by atoms with Gasteiger partial charge >= 0.3 is 0 Å². The summed E-state index contributed by atoms with van der Waals surface area (Å²) in [5.41, 5.74) is 2.12. The summed E-state index contributed by atoms with van der Waals surface area (Å²) in [6, 6.07) is 14.7. The number of likely N-dealkylation sites (tertiary alicyclic amines) is 1. The van der Waals surface area contributed by atoms with Gasteiger partial charge in [-0.1, -0.05) is 36.4 Å². The molecule has 0 bridgehead atoms. The van der Waals surface area contributed by atoms with E-state index >= 15 is 0 Å². The maximum absolute atomic E-state index is 14.4. The van der Waals surface area contributed by atoms with Crippen molar-refractivity contribution in [1.29, 1.82) is 0 Å². The second-order valence-electron chi connectivity index (χ2n) is 9.66. The van der Waals surface area contributed by atoms with Gasteiger partial charge in [0.2, 0.25) is 10.0 Å². The Balaban J connectivity index is 1.51. The number of sulfonamides is 1. The number of carbonyl (C=O) groups excluding carboxylic acids is 2. The number of nitrogens with zero attached hydrogens (tertiary/aromatic N) is 4. The second-order valence-corrected chi connectivity index (χ2v) is 11.7. The van der Waals surface area contributed by atoms with E-state index in [4.69, 9.17) is 0 Å². The number of hydrogen-bond donors (Lipinski definition) is 2. The number of amides is 2. The summed E-state index contributed by atoms with van der Waals surface area (Å²) in [6.07, 6.45) is 4.13. The Morgan fingerprint density at radius 2 is 1.75 bits per heavy atom. The summed E-state index contributed by atoms with van der Waals surface area (Å²) >= 11 is 0. The van der Waals surface area contributed by atoms with Crippen LogP contribution < -0.4 is 10.0 Å². The fourth-order valence-electron chi connectivity index (χ4n) is 4.82. The predicted molar refractivity (Wildman–Crippen MR) is 149 cm³/mol. The number of rotatable bonds is 7. The molecule has 1 fully saturated rings. The molecular formula is C28H29FN6O4S. The average molecular weight is 565 g/mol. The van der Waals surface area contributed by atoms with Gasteiger partial charge in [-0.2, -0.15) is 9.61 Å². The Labute approximate surface area is 231 Å². The number of nitrogens with one attached hydrogen (secondary N) is 2. The van der Waals surface area contributed by atoms with Gasteiger partial charge < -0.3 is 10.2 Å². The zero-order valence-corrected chi connectivity index (χ0v) is 22.9. The monoisotopic (exact) mass is 564 g/mol. The van der Waals surface area contributed by atoms with E-state index in [9.17, 15) is 22.4 Å². The molecule has 1 saturated heterocycles. The highest BCUT2D eigenvalue weighted by Gasteiger charge is 2.29. The van der Waals surface area contributed by atoms with Gasteiger partial charge in [0.15, 0.2) is 5.65 Å². The first-order chi connectivity index (χ1) is 19.2. The molecule has 0 radical (unpaired) electrons. The zero-order valence-electron chi connectivity index (χ0n) is 22.1. The normalized spacial score (nSPS) is 14.3. The van der Waals surface area contributed by atoms with Gasteiger partial charge in [0, 0.05) is 30.5 Å². The Morgan fingerprint density at radius 3 is 2.45 bits per heavy atom. The molecule has 40 heavy (non-hydrogen) atoms. The molecular weight excluding hydrogens is 535 g/mol. The van der Waals surface area contributed by atoms with Crippen molar-refractivity contribution in [3.8, 4) is 0 Å². The van der Waals surface area contributed by atoms with Crippen LogP contribution in [-0.4, -0.2) is 58.6 Å². The molecule has 10 nitrogen and oxygen atoms in total. The van der Waals surface area contributed by atoms with E-state index < -0.39 is 21.7 Å². The Bertz CT molecular complexity index is 1680. The largest absolute Gasteiger partial charge is 0.339 e. The van der Waals surface area contributed by atoms with E-state index in [0.29, 0.717) is 30.3 Å². The summed E-state index contributed by atoms with van der Waals surface area (Å²) in [6.45, 7) is 4.09. The molecule has 0 unspecified atom stereocenters. The minimum Gasteiger partial charge on any atom is -0.339 e. The Hall–Kier alpha value is -4.32. The lowest BCUT2D eigenvalue weighted by molar-refractivity contribution is 0.0713. The van der Waals surface area contributed by atoms with Crippen molar-refractivity contribution in [2.45, 2.75) is 32.6 Å². The number of fused-ring (bicyclic) bond motifs is 1. The van der Waals surface area contributed by atoms with Gasteiger partial charge in [0.1, 0.15) is 22.8 Å². The maximum atomic E-state index is 14.4. The molecule has 0 spiro atoms. The van der Waals surface area contributed by atoms with Crippen LogP contribution in [0.25, 0.3) is 5.65 Å². The van der Waals surface area contributed by atoms with Crippen LogP contribution in [-0.2, 0) is 10.0 Å². The lowest BCUT2D eigenvalue weighted by Gasteiger charge is -2.32. The van der Waals surface area contributed by atoms with Gasteiger partial charge in [-0.05, 0) is 50.3 Å². The molecule has 3 heterocycles. The zero-order chi connectivity index (χ0) is 28.4. The van der Waals surface area contributed by atoms with Gasteiger partial charge in [0.05, 0.1) is 11.9 Å². The molecule has 0 atom stereocenters. The summed E-state index contributed by atoms with van der Waals surface area (Å²) in [5.74, 6) is -1.35. The number of hydrogen-bond acceptors (Lipinski definition) is 7. The van der Waals surface area contributed by atoms with Crippen molar-refractivity contribution in [2.24, 2.45) is 0 Å². The van der Waals surface area contributed by atoms with Crippen LogP contribution in [0.4, 0.5) is 15.9 Å². The van der Waals surface area contributed by atoms with Crippen molar-refractivity contribution in [2.75, 3.05) is 24.2 Å². The summed E-state index contributed by atoms with van der Waals surface area (Å²) < 4.78 is 41.6. The first-order valence-electron chi connectivity index (χ1n) is 13.0. The van der Waals surface area contributed by atoms with Gasteiger partial charge in [0.25, 0.3) is 11.8 Å². The molecule has 5 rings (SSSR count). The molecule has 2 aromatic heterocycles. The van der Waals surface area contributed by atoms with Crippen LogP contribution >= 0.6 is 0 Å². The fourth-order valence-corrected chi connectivity index (χ4v) is 5.35. The second kappa shape index (κ2) is 11.0. The topological polar surface area (TPSA) is 126 Å². The van der Waals surface area contributed by atoms with E-state index in [2.05, 4.69) is 27.5 Å². The van der Waals surface area contributed by atoms with Crippen LogP contribution in [0.3, 0.4) is 0 Å². The highest BCUT2D eigenvalue weighted by Crippen LogP contribution is 2.31. The van der Waals surface area contributed by atoms with Crippen molar-refractivity contribution in [1.82, 2.24) is 24.2 Å². The van der Waals surface area contributed by atoms with Crippen molar-refractivity contribution in [3.63, 3.8) is 0 Å². The Kier molecular flexibility index (Phi) is 7.53. The lowest BCUT2D eigenvalue weighted by Crippen LogP contribution is -2.38. The molecule has 2 aromatic carbocycles. The third-order valence-corrected chi connectivity index (χ3v) is 8.46. The molecule has 12 heteroatoms. The number of anilines is 2. The molecule has 208 valence electrons. The number of carbonyl (C=O) groups is 2. The minimum absolute atomic E-state index is 0.0414. The summed E-state index contributed by atoms with van der Waals surface area (Å²) in [5, 5.41) is 7.37. The van der Waals surface area contributed by atoms with Crippen LogP contribution in [0.2, 0.25) is 0 Å². The number of halogens is 1. The van der Waals surface area contributed by atoms with Crippen molar-refractivity contribution < 1.29 is 22.4 Å². The van der Waals surface area contributed by atoms with E-state index in [0.717, 1.165) is 12.8 Å². The van der Waals surface area contributed by atoms with Gasteiger partial charge in [-0.3, -0.25) is 9.59 Å². The first kappa shape index (κ1) is 27.3. The van der Waals surface area contributed by atoms with Crippen molar-refractivity contribution in [3.05, 3.63) is 89.0 Å². The molecule has 4 aromatic rings. The predicted octanol–water partition coefficient (Wildman–Crippen LogP) is 4.02. The summed E-state index contributed by atoms with van der Waals surface area (Å²) in [4.78, 5) is 32.6. The Morgan fingerprint density at radius 1 is 1.02 bits per heavy atom. The maximum Gasteiger partial charge on any atom is 0.270 e. The highest BCUT2D eigenvalue weighted by atomic mass is 32.2. The molecule has 1 aliphatic rings. The molecule has 0 aliphatic carbocycles. The molecule has 0 saturated carbocycles. The van der Waals surface area contributed by atoms with Crippen molar-refractivity contribution >= 4 is 39.0 Å². The third kappa shape index (κ3) is 5.39. The minimum atomic E-state index is -3.83. The number of aromatic nitrogens is 3. The van der Waals surface area contributed by atoms with Gasteiger partial charge in [-0.15, -0.1) is 0 Å². The molecule has 1 aliphatic heterocycles. The quantitative estimate of drug-likeness (QED) is 0.347. The average Bonchev–Trinajstić information content (AvgIpc) is 3.40. The smallest absolute Gasteiger partial charge is 0.270 e. The van der Waals surface area contributed by atoms with Crippen LogP contribution in [0.1, 0.15) is 57.5 Å². The van der Waals surface area contributed by atoms with E-state index in [1.807, 2.05) is 22.9 Å². The lowest BCUT2D eigenvalue weighted by atomic mass is 9.89.